The monoisotopic (exact) mass is 253 g/mol. The van der Waals surface area contributed by atoms with Gasteiger partial charge in [0, 0.05) is 37.5 Å². The van der Waals surface area contributed by atoms with Gasteiger partial charge >= 0.3 is 0 Å². The van der Waals surface area contributed by atoms with Gasteiger partial charge in [-0.15, -0.1) is 0 Å². The molecule has 0 spiro atoms. The zero-order valence-corrected chi connectivity index (χ0v) is 11.2. The van der Waals surface area contributed by atoms with Crippen LogP contribution >= 0.6 is 0 Å². The topological polar surface area (TPSA) is 59.3 Å². The Balaban J connectivity index is 1.99. The lowest BCUT2D eigenvalue weighted by Crippen LogP contribution is -2.52. The number of aliphatic hydroxyl groups excluding tert-OH is 1. The summed E-state index contributed by atoms with van der Waals surface area (Å²) >= 11 is 0. The van der Waals surface area contributed by atoms with Crippen LogP contribution < -0.4 is 5.32 Å². The Bertz CT molecular complexity index is 370. The van der Waals surface area contributed by atoms with Crippen molar-refractivity contribution in [2.75, 3.05) is 19.8 Å². The molecule has 18 heavy (non-hydrogen) atoms. The standard InChI is InChI=1S/C13H23N3O2/c1-11(2)16-10-14-7-12(16)8-15-13(9-17)3-5-18-6-4-13/h7,10-11,15,17H,3-6,8-9H2,1-2H3. The zero-order valence-electron chi connectivity index (χ0n) is 11.2. The summed E-state index contributed by atoms with van der Waals surface area (Å²) in [6, 6.07) is 0.407. The molecule has 0 aliphatic carbocycles. The Morgan fingerprint density at radius 2 is 2.22 bits per heavy atom. The molecule has 0 radical (unpaired) electrons. The van der Waals surface area contributed by atoms with Gasteiger partial charge in [0.05, 0.1) is 18.6 Å². The van der Waals surface area contributed by atoms with E-state index in [1.165, 1.54) is 0 Å². The maximum atomic E-state index is 9.61. The Morgan fingerprint density at radius 3 is 2.83 bits per heavy atom. The molecule has 2 heterocycles. The Morgan fingerprint density at radius 1 is 1.50 bits per heavy atom. The minimum Gasteiger partial charge on any atom is -0.394 e. The average molecular weight is 253 g/mol. The third-order valence-electron chi connectivity index (χ3n) is 3.70. The molecule has 0 amide bonds. The van der Waals surface area contributed by atoms with E-state index in [9.17, 15) is 5.11 Å². The van der Waals surface area contributed by atoms with Crippen molar-refractivity contribution >= 4 is 0 Å². The number of nitrogens with zero attached hydrogens (tertiary/aromatic N) is 2. The summed E-state index contributed by atoms with van der Waals surface area (Å²) in [6.45, 7) is 6.61. The van der Waals surface area contributed by atoms with Gasteiger partial charge in [-0.1, -0.05) is 0 Å². The molecule has 1 saturated heterocycles. The van der Waals surface area contributed by atoms with Crippen LogP contribution in [-0.4, -0.2) is 40.0 Å². The quantitative estimate of drug-likeness (QED) is 0.825. The SMILES string of the molecule is CC(C)n1cncc1CNC1(CO)CCOCC1. The van der Waals surface area contributed by atoms with Crippen LogP contribution in [0.1, 0.15) is 38.4 Å². The normalized spacial score (nSPS) is 19.3. The first-order chi connectivity index (χ1) is 8.67. The van der Waals surface area contributed by atoms with Gasteiger partial charge in [0.1, 0.15) is 0 Å². The molecule has 2 N–H and O–H groups in total. The average Bonchev–Trinajstić information content (AvgIpc) is 2.86. The highest BCUT2D eigenvalue weighted by Gasteiger charge is 2.31. The van der Waals surface area contributed by atoms with Crippen LogP contribution in [0.3, 0.4) is 0 Å². The second-order valence-electron chi connectivity index (χ2n) is 5.29. The number of nitrogens with one attached hydrogen (secondary N) is 1. The summed E-state index contributed by atoms with van der Waals surface area (Å²) in [4.78, 5) is 4.19. The Kier molecular flexibility index (Phi) is 4.37. The molecule has 0 aromatic carbocycles. The number of imidazole rings is 1. The predicted octanol–water partition coefficient (Wildman–Crippen LogP) is 1.10. The maximum absolute atomic E-state index is 9.61. The second-order valence-corrected chi connectivity index (χ2v) is 5.29. The van der Waals surface area contributed by atoms with Gasteiger partial charge in [-0.3, -0.25) is 0 Å². The van der Waals surface area contributed by atoms with Gasteiger partial charge < -0.3 is 19.7 Å². The molecule has 5 heteroatoms. The molecule has 1 aliphatic rings. The summed E-state index contributed by atoms with van der Waals surface area (Å²) < 4.78 is 7.51. The fourth-order valence-electron chi connectivity index (χ4n) is 2.36. The lowest BCUT2D eigenvalue weighted by atomic mass is 9.91. The molecule has 1 fully saturated rings. The first-order valence-electron chi connectivity index (χ1n) is 6.61. The fraction of sp³-hybridized carbons (Fsp3) is 0.769. The summed E-state index contributed by atoms with van der Waals surface area (Å²) in [5.74, 6) is 0. The van der Waals surface area contributed by atoms with Gasteiger partial charge in [-0.05, 0) is 26.7 Å². The first-order valence-corrected chi connectivity index (χ1v) is 6.61. The molecule has 102 valence electrons. The zero-order chi connectivity index (χ0) is 13.0. The second kappa shape index (κ2) is 5.82. The summed E-state index contributed by atoms with van der Waals surface area (Å²) in [6.07, 6.45) is 5.47. The van der Waals surface area contributed by atoms with Crippen LogP contribution in [0.4, 0.5) is 0 Å². The van der Waals surface area contributed by atoms with Crippen molar-refractivity contribution in [3.8, 4) is 0 Å². The van der Waals surface area contributed by atoms with E-state index in [-0.39, 0.29) is 12.1 Å². The van der Waals surface area contributed by atoms with Crippen LogP contribution in [-0.2, 0) is 11.3 Å². The van der Waals surface area contributed by atoms with E-state index >= 15 is 0 Å². The molecule has 0 atom stereocenters. The minimum absolute atomic E-state index is 0.159. The van der Waals surface area contributed by atoms with E-state index < -0.39 is 0 Å². The molecular weight excluding hydrogens is 230 g/mol. The molecule has 1 aromatic heterocycles. The number of hydrogen-bond acceptors (Lipinski definition) is 4. The number of ether oxygens (including phenoxy) is 1. The molecule has 5 nitrogen and oxygen atoms in total. The first kappa shape index (κ1) is 13.5. The van der Waals surface area contributed by atoms with Gasteiger partial charge in [-0.25, -0.2) is 4.98 Å². The van der Waals surface area contributed by atoms with Gasteiger partial charge in [0.25, 0.3) is 0 Å². The van der Waals surface area contributed by atoms with Gasteiger partial charge in [0.15, 0.2) is 0 Å². The number of aromatic nitrogens is 2. The van der Waals surface area contributed by atoms with Crippen molar-refractivity contribution in [3.63, 3.8) is 0 Å². The van der Waals surface area contributed by atoms with Crippen LogP contribution in [0, 0.1) is 0 Å². The Labute approximate surface area is 108 Å². The lowest BCUT2D eigenvalue weighted by molar-refractivity contribution is 0.0109. The number of hydrogen-bond donors (Lipinski definition) is 2. The van der Waals surface area contributed by atoms with Gasteiger partial charge in [0.2, 0.25) is 0 Å². The summed E-state index contributed by atoms with van der Waals surface area (Å²) in [7, 11) is 0. The van der Waals surface area contributed by atoms with Gasteiger partial charge in [-0.2, -0.15) is 0 Å². The maximum Gasteiger partial charge on any atom is 0.0951 e. The third-order valence-corrected chi connectivity index (χ3v) is 3.70. The lowest BCUT2D eigenvalue weighted by Gasteiger charge is -2.36. The van der Waals surface area contributed by atoms with Crippen molar-refractivity contribution in [1.82, 2.24) is 14.9 Å². The van der Waals surface area contributed by atoms with E-state index in [4.69, 9.17) is 4.74 Å². The van der Waals surface area contributed by atoms with E-state index in [0.717, 1.165) is 38.3 Å². The molecule has 0 unspecified atom stereocenters. The van der Waals surface area contributed by atoms with Crippen LogP contribution in [0.2, 0.25) is 0 Å². The third kappa shape index (κ3) is 2.91. The molecule has 2 rings (SSSR count). The minimum atomic E-state index is -0.190. The summed E-state index contributed by atoms with van der Waals surface area (Å²) in [5.41, 5.74) is 0.967. The van der Waals surface area contributed by atoms with E-state index in [0.29, 0.717) is 6.04 Å². The molecule has 0 bridgehead atoms. The van der Waals surface area contributed by atoms with E-state index in [2.05, 4.69) is 28.7 Å². The number of aliphatic hydroxyl groups is 1. The highest BCUT2D eigenvalue weighted by molar-refractivity contribution is 5.02. The highest BCUT2D eigenvalue weighted by atomic mass is 16.5. The van der Waals surface area contributed by atoms with Crippen LogP contribution in [0.15, 0.2) is 12.5 Å². The van der Waals surface area contributed by atoms with Crippen molar-refractivity contribution in [2.45, 2.75) is 44.8 Å². The van der Waals surface area contributed by atoms with Crippen molar-refractivity contribution in [1.29, 1.82) is 0 Å². The van der Waals surface area contributed by atoms with Crippen molar-refractivity contribution in [3.05, 3.63) is 18.2 Å². The molecule has 0 saturated carbocycles. The summed E-state index contributed by atoms with van der Waals surface area (Å²) in [5, 5.41) is 13.1. The molecule has 1 aliphatic heterocycles. The van der Waals surface area contributed by atoms with Crippen molar-refractivity contribution in [2.24, 2.45) is 0 Å². The molecule has 1 aromatic rings. The Hall–Kier alpha value is -0.910. The fourth-order valence-corrected chi connectivity index (χ4v) is 2.36. The molecular formula is C13H23N3O2. The largest absolute Gasteiger partial charge is 0.394 e. The van der Waals surface area contributed by atoms with E-state index in [1.54, 1.807) is 0 Å². The van der Waals surface area contributed by atoms with Crippen LogP contribution in [0.25, 0.3) is 0 Å². The van der Waals surface area contributed by atoms with Crippen LogP contribution in [0.5, 0.6) is 0 Å². The predicted molar refractivity (Wildman–Crippen MR) is 69.3 cm³/mol. The smallest absolute Gasteiger partial charge is 0.0951 e. The van der Waals surface area contributed by atoms with E-state index in [1.807, 2.05) is 12.5 Å². The van der Waals surface area contributed by atoms with Crippen molar-refractivity contribution < 1.29 is 9.84 Å². The highest BCUT2D eigenvalue weighted by Crippen LogP contribution is 2.21. The number of rotatable bonds is 5.